The molecule has 7 nitrogen and oxygen atoms in total. The van der Waals surface area contributed by atoms with Crippen molar-refractivity contribution in [2.24, 2.45) is 0 Å². The molecule has 0 aliphatic carbocycles. The Labute approximate surface area is 171 Å². The third-order valence-electron chi connectivity index (χ3n) is 4.90. The van der Waals surface area contributed by atoms with Gasteiger partial charge in [-0.25, -0.2) is 4.68 Å². The maximum atomic E-state index is 13.1. The van der Waals surface area contributed by atoms with E-state index >= 15 is 0 Å². The van der Waals surface area contributed by atoms with E-state index in [1.54, 1.807) is 30.0 Å². The highest BCUT2D eigenvalue weighted by atomic mass is 32.2. The molecule has 0 unspecified atom stereocenters. The number of para-hydroxylation sites is 1. The predicted octanol–water partition coefficient (Wildman–Crippen LogP) is 3.21. The van der Waals surface area contributed by atoms with E-state index in [9.17, 15) is 9.00 Å². The number of rotatable bonds is 5. The normalized spacial score (nSPS) is 15.1. The van der Waals surface area contributed by atoms with Gasteiger partial charge in [0, 0.05) is 22.4 Å². The van der Waals surface area contributed by atoms with Crippen molar-refractivity contribution in [2.75, 3.05) is 19.5 Å². The number of aromatic nitrogens is 2. The first kappa shape index (κ1) is 19.2. The molecule has 1 aliphatic rings. The molecule has 1 N–H and O–H groups in total. The van der Waals surface area contributed by atoms with Gasteiger partial charge in [-0.15, -0.1) is 0 Å². The fourth-order valence-electron chi connectivity index (χ4n) is 3.39. The molecule has 0 spiro atoms. The van der Waals surface area contributed by atoms with Gasteiger partial charge in [0.15, 0.2) is 0 Å². The minimum absolute atomic E-state index is 0.334. The summed E-state index contributed by atoms with van der Waals surface area (Å²) >= 11 is 0. The smallest absolute Gasteiger partial charge is 0.260 e. The van der Waals surface area contributed by atoms with Crippen LogP contribution in [0.5, 0.6) is 11.5 Å². The van der Waals surface area contributed by atoms with Gasteiger partial charge in [0.25, 0.3) is 5.91 Å². The van der Waals surface area contributed by atoms with Gasteiger partial charge in [-0.1, -0.05) is 18.2 Å². The number of fused-ring (bicyclic) bond motifs is 1. The number of carbonyl (C=O) groups excluding carboxylic acids is 1. The lowest BCUT2D eigenvalue weighted by Crippen LogP contribution is -2.17. The molecule has 2 aromatic carbocycles. The average Bonchev–Trinajstić information content (AvgIpc) is 3.24. The molecule has 3 aromatic rings. The summed E-state index contributed by atoms with van der Waals surface area (Å²) in [6, 6.07) is 12.8. The van der Waals surface area contributed by atoms with Crippen LogP contribution in [0.4, 0.5) is 5.82 Å². The molecule has 150 valence electrons. The van der Waals surface area contributed by atoms with Crippen LogP contribution in [0.1, 0.15) is 27.2 Å². The molecule has 1 aromatic heterocycles. The van der Waals surface area contributed by atoms with Gasteiger partial charge in [-0.3, -0.25) is 9.00 Å². The van der Waals surface area contributed by atoms with Crippen LogP contribution in [-0.4, -0.2) is 34.1 Å². The Morgan fingerprint density at radius 2 is 1.93 bits per heavy atom. The Morgan fingerprint density at radius 1 is 1.14 bits per heavy atom. The van der Waals surface area contributed by atoms with Crippen LogP contribution < -0.4 is 14.8 Å². The summed E-state index contributed by atoms with van der Waals surface area (Å²) in [7, 11) is 2.05. The number of anilines is 1. The van der Waals surface area contributed by atoms with Crippen LogP contribution in [0.3, 0.4) is 0 Å². The Balaban J connectivity index is 1.77. The lowest BCUT2D eigenvalue weighted by molar-refractivity contribution is 0.102. The average molecular weight is 411 g/mol. The predicted molar refractivity (Wildman–Crippen MR) is 111 cm³/mol. The zero-order valence-electron chi connectivity index (χ0n) is 16.4. The zero-order valence-corrected chi connectivity index (χ0v) is 17.2. The number of hydrogen-bond acceptors (Lipinski definition) is 5. The third-order valence-corrected chi connectivity index (χ3v) is 6.10. The lowest BCUT2D eigenvalue weighted by Gasteiger charge is -2.14. The van der Waals surface area contributed by atoms with Crippen molar-refractivity contribution in [3.05, 3.63) is 64.8 Å². The number of benzene rings is 2. The van der Waals surface area contributed by atoms with Gasteiger partial charge < -0.3 is 14.8 Å². The number of nitrogens with one attached hydrogen (secondary N) is 1. The van der Waals surface area contributed by atoms with Crippen molar-refractivity contribution in [3.8, 4) is 17.2 Å². The van der Waals surface area contributed by atoms with E-state index in [4.69, 9.17) is 9.47 Å². The molecule has 2 heterocycles. The largest absolute Gasteiger partial charge is 0.497 e. The molecule has 1 aliphatic heterocycles. The highest BCUT2D eigenvalue weighted by Gasteiger charge is 2.29. The van der Waals surface area contributed by atoms with Gasteiger partial charge in [-0.05, 0) is 30.7 Å². The maximum absolute atomic E-state index is 13.1. The molecular weight excluding hydrogens is 390 g/mol. The molecule has 0 saturated carbocycles. The fourth-order valence-corrected chi connectivity index (χ4v) is 4.66. The van der Waals surface area contributed by atoms with Crippen molar-refractivity contribution in [1.82, 2.24) is 9.78 Å². The number of ether oxygens (including phenoxy) is 2. The van der Waals surface area contributed by atoms with Crippen molar-refractivity contribution >= 4 is 22.5 Å². The first-order valence-electron chi connectivity index (χ1n) is 9.07. The monoisotopic (exact) mass is 411 g/mol. The van der Waals surface area contributed by atoms with Crippen LogP contribution in [0.2, 0.25) is 0 Å². The van der Waals surface area contributed by atoms with Crippen LogP contribution in [-0.2, 0) is 22.3 Å². The molecule has 29 heavy (non-hydrogen) atoms. The summed E-state index contributed by atoms with van der Waals surface area (Å²) in [5, 5.41) is 7.62. The van der Waals surface area contributed by atoms with E-state index in [1.807, 2.05) is 31.2 Å². The summed E-state index contributed by atoms with van der Waals surface area (Å²) in [4.78, 5) is 13.1. The van der Waals surface area contributed by atoms with Crippen molar-refractivity contribution < 1.29 is 18.5 Å². The van der Waals surface area contributed by atoms with Crippen LogP contribution >= 0.6 is 0 Å². The van der Waals surface area contributed by atoms with Crippen LogP contribution in [0.25, 0.3) is 5.69 Å². The second-order valence-electron chi connectivity index (χ2n) is 6.72. The lowest BCUT2D eigenvalue weighted by atomic mass is 10.1. The molecule has 1 atom stereocenters. The van der Waals surface area contributed by atoms with Gasteiger partial charge in [0.1, 0.15) is 17.3 Å². The summed E-state index contributed by atoms with van der Waals surface area (Å²) < 4.78 is 24.4. The Kier molecular flexibility index (Phi) is 5.10. The summed E-state index contributed by atoms with van der Waals surface area (Å²) in [6.07, 6.45) is 0. The number of carbonyl (C=O) groups is 1. The fraction of sp³-hybridized carbons (Fsp3) is 0.238. The van der Waals surface area contributed by atoms with E-state index < -0.39 is 10.8 Å². The van der Waals surface area contributed by atoms with Gasteiger partial charge in [-0.2, -0.15) is 5.10 Å². The molecule has 8 heteroatoms. The van der Waals surface area contributed by atoms with Crippen molar-refractivity contribution in [3.63, 3.8) is 0 Å². The molecule has 1 amide bonds. The highest BCUT2D eigenvalue weighted by Crippen LogP contribution is 2.33. The quantitative estimate of drug-likeness (QED) is 0.697. The first-order valence-corrected chi connectivity index (χ1v) is 10.6. The van der Waals surface area contributed by atoms with Gasteiger partial charge in [0.2, 0.25) is 0 Å². The Morgan fingerprint density at radius 3 is 2.66 bits per heavy atom. The number of methoxy groups -OCH3 is 2. The van der Waals surface area contributed by atoms with E-state index in [1.165, 1.54) is 7.11 Å². The van der Waals surface area contributed by atoms with Gasteiger partial charge in [0.05, 0.1) is 42.7 Å². The van der Waals surface area contributed by atoms with Crippen molar-refractivity contribution in [2.45, 2.75) is 18.4 Å². The minimum atomic E-state index is -1.01. The highest BCUT2D eigenvalue weighted by molar-refractivity contribution is 7.83. The van der Waals surface area contributed by atoms with E-state index in [0.29, 0.717) is 34.4 Å². The number of amides is 1. The Bertz CT molecular complexity index is 1120. The third kappa shape index (κ3) is 3.51. The molecule has 0 fully saturated rings. The Hall–Kier alpha value is -3.13. The van der Waals surface area contributed by atoms with E-state index in [-0.39, 0.29) is 5.91 Å². The maximum Gasteiger partial charge on any atom is 0.260 e. The standard InChI is InChI=1S/C21H21N3O4S/c1-13-6-4-5-7-18(13)24-20(16-11-29(26)12-17(16)23-24)22-21(25)15-9-8-14(27-2)10-19(15)28-3/h4-10H,11-12H2,1-3H3,(H,22,25)/t29-/m1/s1. The number of aryl methyl sites for hydroxylation is 1. The van der Waals surface area contributed by atoms with Crippen molar-refractivity contribution in [1.29, 1.82) is 0 Å². The SMILES string of the molecule is COc1ccc(C(=O)Nc2c3c(nn2-c2ccccc2C)C[S@](=O)C3)c(OC)c1. The molecule has 0 radical (unpaired) electrons. The second kappa shape index (κ2) is 7.71. The topological polar surface area (TPSA) is 82.5 Å². The van der Waals surface area contributed by atoms with Crippen LogP contribution in [0, 0.1) is 6.92 Å². The zero-order chi connectivity index (χ0) is 20.5. The minimum Gasteiger partial charge on any atom is -0.497 e. The second-order valence-corrected chi connectivity index (χ2v) is 8.18. The summed E-state index contributed by atoms with van der Waals surface area (Å²) in [6.45, 7) is 1.98. The number of hydrogen-bond donors (Lipinski definition) is 1. The van der Waals surface area contributed by atoms with E-state index in [0.717, 1.165) is 22.5 Å². The number of nitrogens with zero attached hydrogens (tertiary/aromatic N) is 2. The first-order chi connectivity index (χ1) is 14.0. The molecular formula is C21H21N3O4S. The molecule has 4 rings (SSSR count). The van der Waals surface area contributed by atoms with E-state index in [2.05, 4.69) is 10.4 Å². The van der Waals surface area contributed by atoms with Gasteiger partial charge >= 0.3 is 0 Å². The summed E-state index contributed by atoms with van der Waals surface area (Å²) in [5.41, 5.74) is 3.83. The molecule has 0 saturated heterocycles. The molecule has 0 bridgehead atoms. The van der Waals surface area contributed by atoms with Crippen LogP contribution in [0.15, 0.2) is 42.5 Å². The summed E-state index contributed by atoms with van der Waals surface area (Å²) in [5.74, 6) is 1.98.